The van der Waals surface area contributed by atoms with E-state index in [0.717, 1.165) is 28.0 Å². The van der Waals surface area contributed by atoms with Crippen LogP contribution in [0.1, 0.15) is 27.8 Å². The Morgan fingerprint density at radius 1 is 0.926 bits per heavy atom. The molecule has 0 spiro atoms. The summed E-state index contributed by atoms with van der Waals surface area (Å²) in [5.74, 6) is 0.495. The molecule has 0 aliphatic heterocycles. The number of hydrogen-bond acceptors (Lipinski definition) is 2. The standard InChI is InChI=1S/C24H18FNO/c1-18-5-6-20(15-22(18)16-26)4-2-3-19-9-13-24(14-10-19)27-17-21-7-11-23(25)12-8-21/h3-15H,17H2,1H3. The first-order chi connectivity index (χ1) is 13.1. The second-order valence-corrected chi connectivity index (χ2v) is 6.13. The summed E-state index contributed by atoms with van der Waals surface area (Å²) in [4.78, 5) is 0. The zero-order valence-corrected chi connectivity index (χ0v) is 14.9. The first-order valence-corrected chi connectivity index (χ1v) is 8.54. The lowest BCUT2D eigenvalue weighted by atomic mass is 10.1. The molecule has 0 aliphatic carbocycles. The molecule has 27 heavy (non-hydrogen) atoms. The van der Waals surface area contributed by atoms with Gasteiger partial charge in [-0.2, -0.15) is 5.26 Å². The highest BCUT2D eigenvalue weighted by molar-refractivity contribution is 5.59. The van der Waals surface area contributed by atoms with Gasteiger partial charge in [-0.25, -0.2) is 4.39 Å². The number of nitriles is 1. The molecular weight excluding hydrogens is 337 g/mol. The normalized spacial score (nSPS) is 9.81. The third kappa shape index (κ3) is 5.19. The van der Waals surface area contributed by atoms with E-state index < -0.39 is 0 Å². The number of aryl methyl sites for hydroxylation is 1. The van der Waals surface area contributed by atoms with Gasteiger partial charge in [0.1, 0.15) is 18.2 Å². The molecule has 0 aromatic heterocycles. The third-order valence-electron chi connectivity index (χ3n) is 4.08. The Balaban J connectivity index is 1.62. The van der Waals surface area contributed by atoms with Crippen molar-refractivity contribution < 1.29 is 9.13 Å². The van der Waals surface area contributed by atoms with Gasteiger partial charge < -0.3 is 4.74 Å². The van der Waals surface area contributed by atoms with Gasteiger partial charge in [0, 0.05) is 0 Å². The van der Waals surface area contributed by atoms with Crippen molar-refractivity contribution in [2.45, 2.75) is 13.5 Å². The lowest BCUT2D eigenvalue weighted by Gasteiger charge is -2.06. The van der Waals surface area contributed by atoms with E-state index >= 15 is 0 Å². The molecule has 3 heteroatoms. The lowest BCUT2D eigenvalue weighted by molar-refractivity contribution is 0.306. The lowest BCUT2D eigenvalue weighted by Crippen LogP contribution is -1.95. The number of nitrogens with zero attached hydrogens (tertiary/aromatic N) is 1. The van der Waals surface area contributed by atoms with Crippen molar-refractivity contribution >= 4 is 12.2 Å². The van der Waals surface area contributed by atoms with Gasteiger partial charge in [-0.3, -0.25) is 0 Å². The minimum atomic E-state index is -0.252. The van der Waals surface area contributed by atoms with Gasteiger partial charge in [0.15, 0.2) is 0 Å². The molecule has 0 N–H and O–H groups in total. The molecule has 3 aromatic rings. The van der Waals surface area contributed by atoms with Crippen molar-refractivity contribution in [3.8, 4) is 11.8 Å². The molecule has 0 bridgehead atoms. The highest BCUT2D eigenvalue weighted by atomic mass is 19.1. The Morgan fingerprint density at radius 3 is 2.30 bits per heavy atom. The summed E-state index contributed by atoms with van der Waals surface area (Å²) in [7, 11) is 0. The van der Waals surface area contributed by atoms with E-state index in [4.69, 9.17) is 10.00 Å². The molecule has 0 amide bonds. The van der Waals surface area contributed by atoms with Gasteiger partial charge in [0.05, 0.1) is 11.6 Å². The van der Waals surface area contributed by atoms with Crippen LogP contribution in [0.15, 0.2) is 72.5 Å². The highest BCUT2D eigenvalue weighted by Gasteiger charge is 1.98. The van der Waals surface area contributed by atoms with Gasteiger partial charge >= 0.3 is 0 Å². The van der Waals surface area contributed by atoms with Crippen LogP contribution in [0, 0.1) is 24.1 Å². The largest absolute Gasteiger partial charge is 0.489 e. The van der Waals surface area contributed by atoms with Crippen LogP contribution in [0.25, 0.3) is 12.2 Å². The molecule has 0 aliphatic rings. The minimum absolute atomic E-state index is 0.252. The van der Waals surface area contributed by atoms with Crippen molar-refractivity contribution in [3.05, 3.63) is 106 Å². The van der Waals surface area contributed by atoms with Crippen molar-refractivity contribution in [1.82, 2.24) is 0 Å². The summed E-state index contributed by atoms with van der Waals surface area (Å²) < 4.78 is 18.6. The van der Waals surface area contributed by atoms with E-state index in [2.05, 4.69) is 11.8 Å². The SMILES string of the molecule is Cc1ccc(C=C=Cc2ccc(OCc3ccc(F)cc3)cc2)cc1C#N. The van der Waals surface area contributed by atoms with E-state index in [1.807, 2.05) is 61.5 Å². The Labute approximate surface area is 158 Å². The molecule has 2 nitrogen and oxygen atoms in total. The molecule has 0 heterocycles. The molecule has 0 fully saturated rings. The molecule has 0 unspecified atom stereocenters. The van der Waals surface area contributed by atoms with E-state index in [9.17, 15) is 4.39 Å². The number of rotatable bonds is 5. The summed E-state index contributed by atoms with van der Waals surface area (Å²) in [5.41, 5.74) is 7.62. The van der Waals surface area contributed by atoms with Gasteiger partial charge in [0.25, 0.3) is 0 Å². The van der Waals surface area contributed by atoms with Crippen molar-refractivity contribution in [2.24, 2.45) is 0 Å². The second-order valence-electron chi connectivity index (χ2n) is 6.13. The van der Waals surface area contributed by atoms with E-state index in [-0.39, 0.29) is 5.82 Å². The topological polar surface area (TPSA) is 33.0 Å². The predicted molar refractivity (Wildman–Crippen MR) is 106 cm³/mol. The van der Waals surface area contributed by atoms with Crippen molar-refractivity contribution in [2.75, 3.05) is 0 Å². The zero-order valence-electron chi connectivity index (χ0n) is 14.9. The van der Waals surface area contributed by atoms with Gasteiger partial charge in [0.2, 0.25) is 0 Å². The molecule has 0 saturated carbocycles. The average molecular weight is 355 g/mol. The van der Waals surface area contributed by atoms with Crippen LogP contribution in [0.5, 0.6) is 5.75 Å². The van der Waals surface area contributed by atoms with E-state index in [1.54, 1.807) is 12.1 Å². The molecule has 3 aromatic carbocycles. The molecule has 0 saturated heterocycles. The smallest absolute Gasteiger partial charge is 0.123 e. The number of ether oxygens (including phenoxy) is 1. The zero-order chi connectivity index (χ0) is 19.1. The van der Waals surface area contributed by atoms with Crippen LogP contribution >= 0.6 is 0 Å². The first kappa shape index (κ1) is 18.2. The van der Waals surface area contributed by atoms with Gasteiger partial charge in [-0.15, -0.1) is 5.73 Å². The Kier molecular flexibility index (Phi) is 5.84. The fraction of sp³-hybridized carbons (Fsp3) is 0.0833. The van der Waals surface area contributed by atoms with Gasteiger partial charge in [-0.05, 0) is 71.7 Å². The minimum Gasteiger partial charge on any atom is -0.489 e. The van der Waals surface area contributed by atoms with Crippen molar-refractivity contribution in [1.29, 1.82) is 5.26 Å². The summed E-state index contributed by atoms with van der Waals surface area (Å²) in [6.45, 7) is 2.31. The number of hydrogen-bond donors (Lipinski definition) is 0. The third-order valence-corrected chi connectivity index (χ3v) is 4.08. The second kappa shape index (κ2) is 8.67. The maximum atomic E-state index is 12.9. The van der Waals surface area contributed by atoms with E-state index in [0.29, 0.717) is 12.2 Å². The molecule has 0 radical (unpaired) electrons. The van der Waals surface area contributed by atoms with E-state index in [1.165, 1.54) is 12.1 Å². The van der Waals surface area contributed by atoms with Crippen LogP contribution in [-0.4, -0.2) is 0 Å². The Bertz CT molecular complexity index is 1020. The average Bonchev–Trinajstić information content (AvgIpc) is 2.70. The fourth-order valence-corrected chi connectivity index (χ4v) is 2.49. The van der Waals surface area contributed by atoms with Crippen LogP contribution in [0.2, 0.25) is 0 Å². The first-order valence-electron chi connectivity index (χ1n) is 8.54. The maximum absolute atomic E-state index is 12.9. The monoisotopic (exact) mass is 355 g/mol. The van der Waals surface area contributed by atoms with Gasteiger partial charge in [-0.1, -0.05) is 36.4 Å². The number of halogens is 1. The summed E-state index contributed by atoms with van der Waals surface area (Å²) in [5, 5.41) is 9.08. The van der Waals surface area contributed by atoms with Crippen LogP contribution in [0.3, 0.4) is 0 Å². The van der Waals surface area contributed by atoms with Crippen LogP contribution < -0.4 is 4.74 Å². The van der Waals surface area contributed by atoms with Crippen LogP contribution in [0.4, 0.5) is 4.39 Å². The Hall–Kier alpha value is -3.60. The number of benzene rings is 3. The highest BCUT2D eigenvalue weighted by Crippen LogP contribution is 2.16. The molecule has 132 valence electrons. The fourth-order valence-electron chi connectivity index (χ4n) is 2.49. The van der Waals surface area contributed by atoms with Crippen LogP contribution in [-0.2, 0) is 6.61 Å². The van der Waals surface area contributed by atoms with Crippen molar-refractivity contribution in [3.63, 3.8) is 0 Å². The molecule has 3 rings (SSSR count). The molecular formula is C24H18FNO. The quantitative estimate of drug-likeness (QED) is 0.533. The Morgan fingerprint density at radius 2 is 1.59 bits per heavy atom. The molecule has 0 atom stereocenters. The predicted octanol–water partition coefficient (Wildman–Crippen LogP) is 5.91. The summed E-state index contributed by atoms with van der Waals surface area (Å²) >= 11 is 0. The summed E-state index contributed by atoms with van der Waals surface area (Å²) in [6, 6.07) is 21.8. The maximum Gasteiger partial charge on any atom is 0.123 e. The summed E-state index contributed by atoms with van der Waals surface area (Å²) in [6.07, 6.45) is 3.72.